The molecule has 0 atom stereocenters. The van der Waals surface area contributed by atoms with Crippen molar-refractivity contribution in [3.63, 3.8) is 0 Å². The molecule has 59 heavy (non-hydrogen) atoms. The molecule has 0 spiro atoms. The van der Waals surface area contributed by atoms with E-state index >= 15 is 0 Å². The number of hydrogen-bond acceptors (Lipinski definition) is 3. The van der Waals surface area contributed by atoms with E-state index in [9.17, 15) is 15.8 Å². The van der Waals surface area contributed by atoms with E-state index in [0.717, 1.165) is 88.0 Å². The Bertz CT molecular complexity index is 3620. The van der Waals surface area contributed by atoms with Crippen LogP contribution in [0.2, 0.25) is 0 Å². The van der Waals surface area contributed by atoms with Gasteiger partial charge in [-0.3, -0.25) is 0 Å². The van der Waals surface area contributed by atoms with Crippen LogP contribution in [-0.2, 0) is 0 Å². The highest BCUT2D eigenvalue weighted by Gasteiger charge is 2.40. The second-order valence-electron chi connectivity index (χ2n) is 15.7. The maximum atomic E-state index is 10.7. The predicted octanol–water partition coefficient (Wildman–Crippen LogP) is 10.3. The average Bonchev–Trinajstić information content (AvgIpc) is 3.82. The Labute approximate surface area is 338 Å². The van der Waals surface area contributed by atoms with E-state index in [1.165, 1.54) is 27.2 Å². The Balaban J connectivity index is 1.19. The Hall–Kier alpha value is -8.37. The minimum Gasteiger partial charge on any atom is -0.309 e. The first-order chi connectivity index (χ1) is 29.1. The highest BCUT2D eigenvalue weighted by molar-refractivity contribution is 7.01. The lowest BCUT2D eigenvalue weighted by molar-refractivity contribution is 1.18. The molecule has 0 saturated carbocycles. The fourth-order valence-electron chi connectivity index (χ4n) is 10.7. The molecule has 0 amide bonds. The molecule has 0 N–H and O–H groups in total. The van der Waals surface area contributed by atoms with Crippen LogP contribution in [0, 0.1) is 34.0 Å². The molecule has 11 aromatic rings. The maximum Gasteiger partial charge on any atom is 0.244 e. The molecule has 266 valence electrons. The lowest BCUT2D eigenvalue weighted by Crippen LogP contribution is -2.57. The van der Waals surface area contributed by atoms with Crippen molar-refractivity contribution in [3.8, 4) is 51.8 Å². The molecule has 0 saturated heterocycles. The van der Waals surface area contributed by atoms with Crippen LogP contribution in [0.25, 0.3) is 98.8 Å². The van der Waals surface area contributed by atoms with Gasteiger partial charge in [-0.1, -0.05) is 89.2 Å². The van der Waals surface area contributed by atoms with Crippen molar-refractivity contribution >= 4 is 88.3 Å². The number of rotatable bonds is 2. The number of aromatic nitrogens is 2. The fraction of sp³-hybridized carbons (Fsp3) is 0. The summed E-state index contributed by atoms with van der Waals surface area (Å²) in [6, 6.07) is 62.4. The van der Waals surface area contributed by atoms with Gasteiger partial charge in [0.15, 0.2) is 0 Å². The fourth-order valence-corrected chi connectivity index (χ4v) is 10.7. The molecular formula is C53H26BN5. The van der Waals surface area contributed by atoms with Gasteiger partial charge >= 0.3 is 0 Å². The van der Waals surface area contributed by atoms with Gasteiger partial charge in [-0.25, -0.2) is 0 Å². The molecular weight excluding hydrogens is 717 g/mol. The zero-order valence-electron chi connectivity index (χ0n) is 31.3. The summed E-state index contributed by atoms with van der Waals surface area (Å²) in [7, 11) is 0. The summed E-state index contributed by atoms with van der Waals surface area (Å²) in [4.78, 5) is 0. The quantitative estimate of drug-likeness (QED) is 0.165. The van der Waals surface area contributed by atoms with Gasteiger partial charge in [0.25, 0.3) is 0 Å². The van der Waals surface area contributed by atoms with E-state index in [-0.39, 0.29) is 6.71 Å². The van der Waals surface area contributed by atoms with Crippen LogP contribution in [0.15, 0.2) is 158 Å². The van der Waals surface area contributed by atoms with Crippen molar-refractivity contribution in [3.05, 3.63) is 174 Å². The smallest absolute Gasteiger partial charge is 0.244 e. The summed E-state index contributed by atoms with van der Waals surface area (Å²) < 4.78 is 4.69. The van der Waals surface area contributed by atoms with Gasteiger partial charge in [-0.15, -0.1) is 0 Å². The standard InChI is InChI=1S/C53H26BN5/c55-27-30-15-19-33(20-16-30)58-47-13-3-1-7-35(47)43-25-39-41-23-32(29-57)24-42-40-26-44-36-8-2-4-14-48(36)59(34-21-17-31(28-56)18-22-34)53(44)38-10-6-12-46(50(38)40)54(51(41)42)45-11-5-9-37(49(39)45)52(43)58/h1-26H. The lowest BCUT2D eigenvalue weighted by atomic mass is 9.31. The molecule has 0 fully saturated rings. The number of benzene rings is 9. The lowest BCUT2D eigenvalue weighted by Gasteiger charge is -2.34. The molecule has 2 aliphatic heterocycles. The van der Waals surface area contributed by atoms with Crippen molar-refractivity contribution in [1.82, 2.24) is 9.13 Å². The van der Waals surface area contributed by atoms with E-state index < -0.39 is 0 Å². The predicted molar refractivity (Wildman–Crippen MR) is 240 cm³/mol. The Morgan fingerprint density at radius 1 is 0.373 bits per heavy atom. The number of nitriles is 3. The van der Waals surface area contributed by atoms with Crippen molar-refractivity contribution < 1.29 is 0 Å². The van der Waals surface area contributed by atoms with Gasteiger partial charge in [-0.2, -0.15) is 15.8 Å². The number of hydrogen-bond donors (Lipinski definition) is 0. The second kappa shape index (κ2) is 11.4. The number of para-hydroxylation sites is 2. The molecule has 2 aromatic heterocycles. The second-order valence-corrected chi connectivity index (χ2v) is 15.7. The third-order valence-corrected chi connectivity index (χ3v) is 13.0. The Morgan fingerprint density at radius 2 is 0.797 bits per heavy atom. The van der Waals surface area contributed by atoms with Gasteiger partial charge in [0.05, 0.1) is 57.0 Å². The summed E-state index contributed by atoms with van der Waals surface area (Å²) in [5, 5.41) is 39.2. The summed E-state index contributed by atoms with van der Waals surface area (Å²) in [6.45, 7) is -0.0736. The first-order valence-corrected chi connectivity index (χ1v) is 19.7. The summed E-state index contributed by atoms with van der Waals surface area (Å²) >= 11 is 0. The topological polar surface area (TPSA) is 81.2 Å². The average molecular weight is 744 g/mol. The van der Waals surface area contributed by atoms with Crippen molar-refractivity contribution in [1.29, 1.82) is 15.8 Å². The monoisotopic (exact) mass is 743 g/mol. The summed E-state index contributed by atoms with van der Waals surface area (Å²) in [6.07, 6.45) is 0. The van der Waals surface area contributed by atoms with Crippen LogP contribution in [0.4, 0.5) is 0 Å². The minimum atomic E-state index is -0.0736. The molecule has 2 aliphatic rings. The zero-order chi connectivity index (χ0) is 39.1. The molecule has 5 nitrogen and oxygen atoms in total. The highest BCUT2D eigenvalue weighted by atomic mass is 15.0. The third kappa shape index (κ3) is 4.01. The molecule has 0 unspecified atom stereocenters. The Morgan fingerprint density at radius 3 is 1.24 bits per heavy atom. The van der Waals surface area contributed by atoms with E-state index in [2.05, 4.69) is 137 Å². The van der Waals surface area contributed by atoms with Gasteiger partial charge in [0.2, 0.25) is 6.71 Å². The van der Waals surface area contributed by atoms with Gasteiger partial charge in [0, 0.05) is 43.7 Å². The van der Waals surface area contributed by atoms with Crippen LogP contribution >= 0.6 is 0 Å². The van der Waals surface area contributed by atoms with Crippen molar-refractivity contribution in [2.45, 2.75) is 0 Å². The number of fused-ring (bicyclic) bond motifs is 12. The van der Waals surface area contributed by atoms with Gasteiger partial charge < -0.3 is 9.13 Å². The first-order valence-electron chi connectivity index (χ1n) is 19.7. The molecule has 0 bridgehead atoms. The summed E-state index contributed by atoms with van der Waals surface area (Å²) in [5.41, 5.74) is 16.6. The largest absolute Gasteiger partial charge is 0.309 e. The summed E-state index contributed by atoms with van der Waals surface area (Å²) in [5.74, 6) is 0. The Kier molecular flexibility index (Phi) is 6.13. The number of nitrogens with zero attached hydrogens (tertiary/aromatic N) is 5. The molecule has 4 heterocycles. The SMILES string of the molecule is N#Cc1ccc(-n2c3ccccc3c3cc4c5c(cccc5c32)B2c3c-4cc(C#N)cc3-c3cc4c5ccccc5n(-c5ccc(C#N)cc5)c4c4cccc2c34)cc1. The first kappa shape index (κ1) is 31.8. The molecule has 0 aliphatic carbocycles. The molecule has 6 heteroatoms. The van der Waals surface area contributed by atoms with Crippen LogP contribution < -0.4 is 16.4 Å². The van der Waals surface area contributed by atoms with Gasteiger partial charge in [0.1, 0.15) is 0 Å². The van der Waals surface area contributed by atoms with Crippen molar-refractivity contribution in [2.24, 2.45) is 0 Å². The molecule has 13 rings (SSSR count). The van der Waals surface area contributed by atoms with E-state index in [4.69, 9.17) is 0 Å². The van der Waals surface area contributed by atoms with Crippen LogP contribution in [-0.4, -0.2) is 15.8 Å². The molecule has 0 radical (unpaired) electrons. The third-order valence-electron chi connectivity index (χ3n) is 13.0. The van der Waals surface area contributed by atoms with Crippen molar-refractivity contribution in [2.75, 3.05) is 0 Å². The highest BCUT2D eigenvalue weighted by Crippen LogP contribution is 2.47. The minimum absolute atomic E-state index is 0.0736. The van der Waals surface area contributed by atoms with E-state index in [1.807, 2.05) is 48.5 Å². The van der Waals surface area contributed by atoms with E-state index in [0.29, 0.717) is 16.7 Å². The molecule has 9 aromatic carbocycles. The van der Waals surface area contributed by atoms with Crippen LogP contribution in [0.3, 0.4) is 0 Å². The van der Waals surface area contributed by atoms with Crippen LogP contribution in [0.1, 0.15) is 16.7 Å². The zero-order valence-corrected chi connectivity index (χ0v) is 31.3. The van der Waals surface area contributed by atoms with E-state index in [1.54, 1.807) is 0 Å². The van der Waals surface area contributed by atoms with Crippen LogP contribution in [0.5, 0.6) is 0 Å². The van der Waals surface area contributed by atoms with Gasteiger partial charge in [-0.05, 0) is 118 Å². The normalized spacial score (nSPS) is 12.3. The maximum absolute atomic E-state index is 10.7.